The molecule has 0 N–H and O–H groups in total. The van der Waals surface area contributed by atoms with Crippen LogP contribution in [0, 0.1) is 0 Å². The molecule has 0 spiro atoms. The highest BCUT2D eigenvalue weighted by Crippen LogP contribution is 2.58. The SMILES string of the molecule is c1ccc(-c2ccc(N(c3ccc(-c4ccc5c(c4)c4ccccc4n5-c4ccc(-c5ccccc5)cc4)cc3)c3ccc4c(c3)-c3ccccc3C4(c3ccc(-c4cccc5c4sc4ccccc45)cc3)c3ccc(-c4cccc5c4sc4ccccc45)cc3)cc2)cc1. The fourth-order valence-electron chi connectivity index (χ4n) is 15.5. The van der Waals surface area contributed by atoms with Crippen molar-refractivity contribution in [2.45, 2.75) is 5.41 Å². The van der Waals surface area contributed by atoms with Gasteiger partial charge in [0.05, 0.1) is 16.4 Å². The second kappa shape index (κ2) is 22.3. The third kappa shape index (κ3) is 8.90. The molecule has 0 atom stereocenters. The van der Waals surface area contributed by atoms with Crippen molar-refractivity contribution in [2.75, 3.05) is 4.90 Å². The van der Waals surface area contributed by atoms with Crippen molar-refractivity contribution >= 4 is 102 Å². The molecule has 3 aromatic heterocycles. The molecule has 15 aromatic carbocycles. The Morgan fingerprint density at radius 2 is 0.653 bits per heavy atom. The molecule has 95 heavy (non-hydrogen) atoms. The Bertz CT molecular complexity index is 5820. The third-order valence-electron chi connectivity index (χ3n) is 19.9. The van der Waals surface area contributed by atoms with Crippen molar-refractivity contribution in [1.29, 1.82) is 0 Å². The highest BCUT2D eigenvalue weighted by Gasteiger charge is 2.46. The summed E-state index contributed by atoms with van der Waals surface area (Å²) in [6.45, 7) is 0. The summed E-state index contributed by atoms with van der Waals surface area (Å²) < 4.78 is 7.67. The number of hydrogen-bond acceptors (Lipinski definition) is 3. The van der Waals surface area contributed by atoms with Crippen LogP contribution in [0.3, 0.4) is 0 Å². The van der Waals surface area contributed by atoms with Gasteiger partial charge in [0.25, 0.3) is 0 Å². The van der Waals surface area contributed by atoms with Crippen LogP contribution in [0.2, 0.25) is 0 Å². The Labute approximate surface area is 559 Å². The van der Waals surface area contributed by atoms with E-state index in [1.165, 1.54) is 146 Å². The van der Waals surface area contributed by atoms with Crippen LogP contribution in [0.25, 0.3) is 135 Å². The zero-order chi connectivity index (χ0) is 62.6. The molecule has 444 valence electrons. The summed E-state index contributed by atoms with van der Waals surface area (Å²) in [6.07, 6.45) is 0. The fourth-order valence-corrected chi connectivity index (χ4v) is 18.0. The van der Waals surface area contributed by atoms with E-state index in [-0.39, 0.29) is 0 Å². The molecule has 0 amide bonds. The summed E-state index contributed by atoms with van der Waals surface area (Å²) in [5.74, 6) is 0. The van der Waals surface area contributed by atoms with Gasteiger partial charge in [-0.15, -0.1) is 22.7 Å². The van der Waals surface area contributed by atoms with Crippen LogP contribution in [0.4, 0.5) is 17.1 Å². The number of nitrogens with zero attached hydrogens (tertiary/aromatic N) is 2. The Morgan fingerprint density at radius 3 is 1.23 bits per heavy atom. The number of aromatic nitrogens is 1. The van der Waals surface area contributed by atoms with Gasteiger partial charge in [-0.2, -0.15) is 0 Å². The molecule has 0 unspecified atom stereocenters. The van der Waals surface area contributed by atoms with Gasteiger partial charge < -0.3 is 9.47 Å². The van der Waals surface area contributed by atoms with Gasteiger partial charge in [0.2, 0.25) is 0 Å². The first kappa shape index (κ1) is 55.0. The second-order valence-corrected chi connectivity index (χ2v) is 27.1. The average molecular weight is 1240 g/mol. The van der Waals surface area contributed by atoms with Crippen LogP contribution in [-0.4, -0.2) is 4.57 Å². The van der Waals surface area contributed by atoms with Crippen molar-refractivity contribution in [3.05, 3.63) is 374 Å². The van der Waals surface area contributed by atoms with E-state index in [9.17, 15) is 0 Å². The topological polar surface area (TPSA) is 8.17 Å². The van der Waals surface area contributed by atoms with E-state index in [1.54, 1.807) is 0 Å². The maximum Gasteiger partial charge on any atom is 0.0713 e. The summed E-state index contributed by atoms with van der Waals surface area (Å²) in [7, 11) is 0. The van der Waals surface area contributed by atoms with Gasteiger partial charge in [0.1, 0.15) is 0 Å². The number of thiophene rings is 2. The van der Waals surface area contributed by atoms with Gasteiger partial charge in [-0.1, -0.05) is 273 Å². The van der Waals surface area contributed by atoms with Crippen LogP contribution in [0.15, 0.2) is 352 Å². The van der Waals surface area contributed by atoms with Crippen LogP contribution < -0.4 is 4.90 Å². The van der Waals surface area contributed by atoms with Crippen LogP contribution >= 0.6 is 22.7 Å². The molecule has 0 aliphatic heterocycles. The second-order valence-electron chi connectivity index (χ2n) is 25.0. The van der Waals surface area contributed by atoms with Crippen molar-refractivity contribution in [2.24, 2.45) is 0 Å². The molecular weight excluding hydrogens is 1190 g/mol. The zero-order valence-corrected chi connectivity index (χ0v) is 53.3. The van der Waals surface area contributed by atoms with Gasteiger partial charge in [-0.05, 0) is 168 Å². The maximum absolute atomic E-state index is 2.46. The van der Waals surface area contributed by atoms with E-state index in [1.807, 2.05) is 22.7 Å². The number of fused-ring (bicyclic) bond motifs is 12. The van der Waals surface area contributed by atoms with E-state index < -0.39 is 5.41 Å². The molecule has 18 aromatic rings. The molecule has 1 aliphatic carbocycles. The monoisotopic (exact) mass is 1240 g/mol. The lowest BCUT2D eigenvalue weighted by molar-refractivity contribution is 0.769. The molecule has 2 nitrogen and oxygen atoms in total. The summed E-state index contributed by atoms with van der Waals surface area (Å²) in [6, 6.07) is 131. The standard InChI is InChI=1S/C91H58N2S2/c1-3-17-59(18-4-1)61-37-48-69(49-38-61)92(70-50-41-63(42-51-70)66-43-56-86-82(57-66)76-22-8-12-30-85(76)93(86)71-52-39-62(40-53-71)60-19-5-2-6-20-60)72-54-55-84-81(58-72)75-21-7-11-29-83(75)91(84,67-44-33-64(34-45-67)73-25-15-27-79-77-23-9-13-31-87(77)94-89(73)79)68-46-35-65(36-47-68)74-26-16-28-80-78-24-10-14-32-88(78)95-90(74)80/h1-58H. The number of rotatable bonds is 11. The first-order chi connectivity index (χ1) is 47.1. The van der Waals surface area contributed by atoms with E-state index in [0.29, 0.717) is 0 Å². The van der Waals surface area contributed by atoms with E-state index in [4.69, 9.17) is 0 Å². The summed E-state index contributed by atoms with van der Waals surface area (Å²) in [4.78, 5) is 2.44. The van der Waals surface area contributed by atoms with Gasteiger partial charge in [0, 0.05) is 73.9 Å². The lowest BCUT2D eigenvalue weighted by Crippen LogP contribution is -2.28. The molecule has 0 fully saturated rings. The lowest BCUT2D eigenvalue weighted by Gasteiger charge is -2.34. The average Bonchev–Trinajstić information content (AvgIpc) is 1.56. The van der Waals surface area contributed by atoms with E-state index >= 15 is 0 Å². The molecule has 3 heterocycles. The number of para-hydroxylation sites is 1. The fraction of sp³-hybridized carbons (Fsp3) is 0.0110. The molecule has 0 radical (unpaired) electrons. The Kier molecular flexibility index (Phi) is 12.9. The lowest BCUT2D eigenvalue weighted by atomic mass is 9.67. The minimum atomic E-state index is -0.654. The third-order valence-corrected chi connectivity index (χ3v) is 22.4. The molecule has 0 bridgehead atoms. The summed E-state index contributed by atoms with van der Waals surface area (Å²) in [5.41, 5.74) is 25.6. The smallest absolute Gasteiger partial charge is 0.0713 e. The van der Waals surface area contributed by atoms with Crippen LogP contribution in [-0.2, 0) is 5.41 Å². The maximum atomic E-state index is 2.46. The van der Waals surface area contributed by atoms with E-state index in [2.05, 4.69) is 361 Å². The van der Waals surface area contributed by atoms with Gasteiger partial charge in [-0.25, -0.2) is 0 Å². The highest BCUT2D eigenvalue weighted by atomic mass is 32.1. The summed E-state index contributed by atoms with van der Waals surface area (Å²) in [5, 5.41) is 7.70. The Balaban J connectivity index is 0.745. The molecule has 1 aliphatic rings. The normalized spacial score (nSPS) is 12.5. The van der Waals surface area contributed by atoms with E-state index in [0.717, 1.165) is 28.3 Å². The molecular formula is C91H58N2S2. The molecule has 4 heteroatoms. The number of hydrogen-bond donors (Lipinski definition) is 0. The zero-order valence-electron chi connectivity index (χ0n) is 51.7. The Morgan fingerprint density at radius 1 is 0.242 bits per heavy atom. The first-order valence-electron chi connectivity index (χ1n) is 32.6. The highest BCUT2D eigenvalue weighted by molar-refractivity contribution is 7.26. The summed E-state index contributed by atoms with van der Waals surface area (Å²) >= 11 is 3.77. The number of anilines is 3. The molecule has 0 saturated heterocycles. The minimum Gasteiger partial charge on any atom is -0.310 e. The number of benzene rings is 15. The van der Waals surface area contributed by atoms with Crippen molar-refractivity contribution < 1.29 is 0 Å². The van der Waals surface area contributed by atoms with Gasteiger partial charge >= 0.3 is 0 Å². The van der Waals surface area contributed by atoms with Gasteiger partial charge in [-0.3, -0.25) is 0 Å². The van der Waals surface area contributed by atoms with Crippen LogP contribution in [0.5, 0.6) is 0 Å². The predicted molar refractivity (Wildman–Crippen MR) is 406 cm³/mol. The van der Waals surface area contributed by atoms with Gasteiger partial charge in [0.15, 0.2) is 0 Å². The molecule has 19 rings (SSSR count). The van der Waals surface area contributed by atoms with Crippen LogP contribution in [0.1, 0.15) is 22.3 Å². The predicted octanol–water partition coefficient (Wildman–Crippen LogP) is 25.7. The minimum absolute atomic E-state index is 0.654. The largest absolute Gasteiger partial charge is 0.310 e. The Hall–Kier alpha value is -11.7. The van der Waals surface area contributed by atoms with Crippen molar-refractivity contribution in [3.8, 4) is 72.4 Å². The molecule has 0 saturated carbocycles. The van der Waals surface area contributed by atoms with Crippen molar-refractivity contribution in [1.82, 2.24) is 4.57 Å². The van der Waals surface area contributed by atoms with Crippen molar-refractivity contribution in [3.63, 3.8) is 0 Å². The quantitative estimate of drug-likeness (QED) is 0.125. The first-order valence-corrected chi connectivity index (χ1v) is 34.2.